The highest BCUT2D eigenvalue weighted by Gasteiger charge is 2.05. The number of likely N-dealkylation sites (N-methyl/N-ethyl adjacent to an activating group) is 1. The molecule has 0 bridgehead atoms. The predicted molar refractivity (Wildman–Crippen MR) is 70.6 cm³/mol. The molecular formula is C14H23NO2. The summed E-state index contributed by atoms with van der Waals surface area (Å²) in [4.78, 5) is 0. The molecule has 2 N–H and O–H groups in total. The smallest absolute Gasteiger partial charge is 0.119 e. The van der Waals surface area contributed by atoms with E-state index in [0.717, 1.165) is 18.7 Å². The first-order valence-electron chi connectivity index (χ1n) is 6.21. The second-order valence-electron chi connectivity index (χ2n) is 4.40. The van der Waals surface area contributed by atoms with Crippen molar-refractivity contribution in [2.75, 3.05) is 19.8 Å². The quantitative estimate of drug-likeness (QED) is 0.762. The number of rotatable bonds is 7. The third-order valence-corrected chi connectivity index (χ3v) is 2.64. The first-order valence-corrected chi connectivity index (χ1v) is 6.21. The Balaban J connectivity index is 2.39. The first-order chi connectivity index (χ1) is 8.15. The summed E-state index contributed by atoms with van der Waals surface area (Å²) in [6.07, 6.45) is 0.817. The Bertz CT molecular complexity index is 319. The molecule has 3 heteroatoms. The van der Waals surface area contributed by atoms with E-state index in [1.165, 1.54) is 11.1 Å². The molecule has 3 nitrogen and oxygen atoms in total. The number of aryl methyl sites for hydroxylation is 2. The van der Waals surface area contributed by atoms with E-state index in [0.29, 0.717) is 6.61 Å². The van der Waals surface area contributed by atoms with Crippen LogP contribution in [-0.4, -0.2) is 30.9 Å². The fourth-order valence-electron chi connectivity index (χ4n) is 1.88. The minimum atomic E-state index is 0.130. The van der Waals surface area contributed by atoms with E-state index >= 15 is 0 Å². The Labute approximate surface area is 104 Å². The van der Waals surface area contributed by atoms with Gasteiger partial charge in [0, 0.05) is 6.04 Å². The first kappa shape index (κ1) is 14.0. The molecule has 0 aromatic heterocycles. The molecule has 0 fully saturated rings. The van der Waals surface area contributed by atoms with Crippen LogP contribution in [0.5, 0.6) is 5.75 Å². The SMILES string of the molecule is CCNC(CO)CCOc1cc(C)cc(C)c1. The molecular weight excluding hydrogens is 214 g/mol. The third-order valence-electron chi connectivity index (χ3n) is 2.64. The van der Waals surface area contributed by atoms with Gasteiger partial charge in [0.15, 0.2) is 0 Å². The van der Waals surface area contributed by atoms with Gasteiger partial charge in [-0.25, -0.2) is 0 Å². The molecule has 0 aliphatic carbocycles. The lowest BCUT2D eigenvalue weighted by atomic mass is 10.1. The predicted octanol–water partition coefficient (Wildman–Crippen LogP) is 2.04. The molecule has 0 saturated carbocycles. The zero-order valence-electron chi connectivity index (χ0n) is 11.0. The number of hydrogen-bond acceptors (Lipinski definition) is 3. The van der Waals surface area contributed by atoms with Gasteiger partial charge in [0.1, 0.15) is 5.75 Å². The molecule has 0 spiro atoms. The van der Waals surface area contributed by atoms with Gasteiger partial charge >= 0.3 is 0 Å². The Morgan fingerprint density at radius 1 is 1.24 bits per heavy atom. The van der Waals surface area contributed by atoms with Crippen LogP contribution in [0.4, 0.5) is 0 Å². The van der Waals surface area contributed by atoms with Gasteiger partial charge in [0.25, 0.3) is 0 Å². The van der Waals surface area contributed by atoms with Crippen molar-refractivity contribution < 1.29 is 9.84 Å². The van der Waals surface area contributed by atoms with Crippen LogP contribution in [0.2, 0.25) is 0 Å². The number of hydrogen-bond donors (Lipinski definition) is 2. The number of aliphatic hydroxyl groups is 1. The molecule has 0 aliphatic heterocycles. The fourth-order valence-corrected chi connectivity index (χ4v) is 1.88. The van der Waals surface area contributed by atoms with E-state index in [4.69, 9.17) is 9.84 Å². The zero-order chi connectivity index (χ0) is 12.7. The summed E-state index contributed by atoms with van der Waals surface area (Å²) in [5.74, 6) is 0.913. The van der Waals surface area contributed by atoms with Gasteiger partial charge in [-0.15, -0.1) is 0 Å². The molecule has 17 heavy (non-hydrogen) atoms. The average Bonchev–Trinajstić information content (AvgIpc) is 2.26. The lowest BCUT2D eigenvalue weighted by Gasteiger charge is -2.15. The third kappa shape index (κ3) is 5.20. The van der Waals surface area contributed by atoms with Crippen LogP contribution < -0.4 is 10.1 Å². The summed E-state index contributed by atoms with van der Waals surface area (Å²) < 4.78 is 5.70. The average molecular weight is 237 g/mol. The van der Waals surface area contributed by atoms with Crippen molar-refractivity contribution in [3.8, 4) is 5.75 Å². The summed E-state index contributed by atoms with van der Waals surface area (Å²) in [7, 11) is 0. The van der Waals surface area contributed by atoms with Crippen LogP contribution in [-0.2, 0) is 0 Å². The number of ether oxygens (including phenoxy) is 1. The summed E-state index contributed by atoms with van der Waals surface area (Å²) in [6, 6.07) is 6.33. The topological polar surface area (TPSA) is 41.5 Å². The van der Waals surface area contributed by atoms with Crippen LogP contribution in [0.15, 0.2) is 18.2 Å². The van der Waals surface area contributed by atoms with Gasteiger partial charge in [-0.2, -0.15) is 0 Å². The molecule has 0 heterocycles. The van der Waals surface area contributed by atoms with Crippen molar-refractivity contribution >= 4 is 0 Å². The second kappa shape index (κ2) is 7.30. The largest absolute Gasteiger partial charge is 0.494 e. The standard InChI is InChI=1S/C14H23NO2/c1-4-15-13(10-16)5-6-17-14-8-11(2)7-12(3)9-14/h7-9,13,15-16H,4-6,10H2,1-3H3. The molecule has 0 radical (unpaired) electrons. The Morgan fingerprint density at radius 2 is 1.88 bits per heavy atom. The van der Waals surface area contributed by atoms with E-state index in [1.807, 2.05) is 19.1 Å². The molecule has 1 aromatic rings. The van der Waals surface area contributed by atoms with Crippen LogP contribution in [0.25, 0.3) is 0 Å². The van der Waals surface area contributed by atoms with Crippen molar-refractivity contribution in [2.45, 2.75) is 33.2 Å². The van der Waals surface area contributed by atoms with Crippen molar-refractivity contribution in [1.82, 2.24) is 5.32 Å². The molecule has 0 saturated heterocycles. The van der Waals surface area contributed by atoms with Crippen LogP contribution in [0, 0.1) is 13.8 Å². The normalized spacial score (nSPS) is 12.5. The monoisotopic (exact) mass is 237 g/mol. The minimum Gasteiger partial charge on any atom is -0.494 e. The molecule has 0 amide bonds. The van der Waals surface area contributed by atoms with E-state index in [-0.39, 0.29) is 12.6 Å². The van der Waals surface area contributed by atoms with Crippen LogP contribution in [0.1, 0.15) is 24.5 Å². The molecule has 1 atom stereocenters. The van der Waals surface area contributed by atoms with Crippen molar-refractivity contribution in [2.24, 2.45) is 0 Å². The van der Waals surface area contributed by atoms with E-state index in [9.17, 15) is 0 Å². The van der Waals surface area contributed by atoms with Gasteiger partial charge < -0.3 is 15.2 Å². The fraction of sp³-hybridized carbons (Fsp3) is 0.571. The Hall–Kier alpha value is -1.06. The maximum atomic E-state index is 9.12. The maximum Gasteiger partial charge on any atom is 0.119 e. The summed E-state index contributed by atoms with van der Waals surface area (Å²) in [6.45, 7) is 7.82. The summed E-state index contributed by atoms with van der Waals surface area (Å²) >= 11 is 0. The van der Waals surface area contributed by atoms with Gasteiger partial charge in [-0.05, 0) is 50.1 Å². The molecule has 1 aromatic carbocycles. The van der Waals surface area contributed by atoms with Gasteiger partial charge in [0.2, 0.25) is 0 Å². The highest BCUT2D eigenvalue weighted by atomic mass is 16.5. The summed E-state index contributed by atoms with van der Waals surface area (Å²) in [5.41, 5.74) is 2.43. The maximum absolute atomic E-state index is 9.12. The van der Waals surface area contributed by atoms with Crippen LogP contribution in [0.3, 0.4) is 0 Å². The van der Waals surface area contributed by atoms with E-state index in [2.05, 4.69) is 25.2 Å². The van der Waals surface area contributed by atoms with E-state index < -0.39 is 0 Å². The second-order valence-corrected chi connectivity index (χ2v) is 4.40. The summed E-state index contributed by atoms with van der Waals surface area (Å²) in [5, 5.41) is 12.3. The molecule has 1 rings (SSSR count). The van der Waals surface area contributed by atoms with Gasteiger partial charge in [-0.1, -0.05) is 13.0 Å². The number of benzene rings is 1. The Kier molecular flexibility index (Phi) is 6.01. The number of nitrogens with one attached hydrogen (secondary N) is 1. The molecule has 96 valence electrons. The van der Waals surface area contributed by atoms with Crippen molar-refractivity contribution in [1.29, 1.82) is 0 Å². The lowest BCUT2D eigenvalue weighted by Crippen LogP contribution is -2.33. The van der Waals surface area contributed by atoms with Gasteiger partial charge in [-0.3, -0.25) is 0 Å². The highest BCUT2D eigenvalue weighted by molar-refractivity contribution is 5.32. The molecule has 0 aliphatic rings. The van der Waals surface area contributed by atoms with Crippen molar-refractivity contribution in [3.05, 3.63) is 29.3 Å². The zero-order valence-corrected chi connectivity index (χ0v) is 11.0. The van der Waals surface area contributed by atoms with Crippen LogP contribution >= 0.6 is 0 Å². The van der Waals surface area contributed by atoms with E-state index in [1.54, 1.807) is 0 Å². The lowest BCUT2D eigenvalue weighted by molar-refractivity contribution is 0.210. The molecule has 1 unspecified atom stereocenters. The van der Waals surface area contributed by atoms with Gasteiger partial charge in [0.05, 0.1) is 13.2 Å². The minimum absolute atomic E-state index is 0.130. The number of aliphatic hydroxyl groups excluding tert-OH is 1. The highest BCUT2D eigenvalue weighted by Crippen LogP contribution is 2.16. The van der Waals surface area contributed by atoms with Crippen molar-refractivity contribution in [3.63, 3.8) is 0 Å². The Morgan fingerprint density at radius 3 is 2.41 bits per heavy atom.